The van der Waals surface area contributed by atoms with Crippen LogP contribution in [0.4, 0.5) is 5.69 Å². The Morgan fingerprint density at radius 3 is 2.76 bits per heavy atom. The van der Waals surface area contributed by atoms with Gasteiger partial charge in [0.1, 0.15) is 5.54 Å². The highest BCUT2D eigenvalue weighted by molar-refractivity contribution is 9.10. The zero-order valence-electron chi connectivity index (χ0n) is 15.6. The third-order valence-corrected chi connectivity index (χ3v) is 6.45. The van der Waals surface area contributed by atoms with Crippen LogP contribution in [0.5, 0.6) is 0 Å². The molecule has 10 heteroatoms. The summed E-state index contributed by atoms with van der Waals surface area (Å²) in [7, 11) is 1.47. The van der Waals surface area contributed by atoms with Crippen LogP contribution in [0.25, 0.3) is 0 Å². The number of methoxy groups -OCH3 is 1. The molecule has 0 aliphatic carbocycles. The second-order valence-electron chi connectivity index (χ2n) is 7.46. The summed E-state index contributed by atoms with van der Waals surface area (Å²) < 4.78 is 5.74. The summed E-state index contributed by atoms with van der Waals surface area (Å²) >= 11 is 3.40. The van der Waals surface area contributed by atoms with Crippen molar-refractivity contribution in [2.24, 2.45) is 11.8 Å². The highest BCUT2D eigenvalue weighted by Crippen LogP contribution is 2.53. The fourth-order valence-electron chi connectivity index (χ4n) is 4.76. The minimum absolute atomic E-state index is 0.0931. The van der Waals surface area contributed by atoms with Crippen LogP contribution in [0.2, 0.25) is 0 Å². The first-order chi connectivity index (χ1) is 13.8. The number of nitrogens with one attached hydrogen (secondary N) is 2. The van der Waals surface area contributed by atoms with Gasteiger partial charge in [-0.3, -0.25) is 29.4 Å². The van der Waals surface area contributed by atoms with Crippen molar-refractivity contribution < 1.29 is 29.0 Å². The summed E-state index contributed by atoms with van der Waals surface area (Å²) in [4.78, 5) is 51.8. The van der Waals surface area contributed by atoms with Gasteiger partial charge in [0.15, 0.2) is 0 Å². The summed E-state index contributed by atoms with van der Waals surface area (Å²) in [6.45, 7) is 0.279. The van der Waals surface area contributed by atoms with Crippen molar-refractivity contribution in [2.45, 2.75) is 24.4 Å². The molecule has 3 aliphatic rings. The van der Waals surface area contributed by atoms with Crippen LogP contribution < -0.4 is 10.6 Å². The number of aliphatic carboxylic acids is 1. The van der Waals surface area contributed by atoms with E-state index in [9.17, 15) is 19.2 Å². The highest BCUT2D eigenvalue weighted by atomic mass is 79.9. The van der Waals surface area contributed by atoms with Crippen molar-refractivity contribution in [3.63, 3.8) is 0 Å². The lowest BCUT2D eigenvalue weighted by Crippen LogP contribution is -2.53. The maximum Gasteiger partial charge on any atom is 0.303 e. The zero-order valence-corrected chi connectivity index (χ0v) is 17.2. The number of amides is 3. The molecule has 2 fully saturated rings. The number of anilines is 1. The van der Waals surface area contributed by atoms with E-state index in [2.05, 4.69) is 26.6 Å². The number of hydrogen-bond donors (Lipinski definition) is 3. The lowest BCUT2D eigenvalue weighted by Gasteiger charge is -2.29. The number of benzene rings is 1. The number of fused-ring (bicyclic) bond motifs is 4. The summed E-state index contributed by atoms with van der Waals surface area (Å²) in [5.74, 6) is -4.00. The zero-order chi connectivity index (χ0) is 20.9. The molecule has 0 saturated carbocycles. The molecule has 1 aromatic carbocycles. The molecule has 154 valence electrons. The summed E-state index contributed by atoms with van der Waals surface area (Å²) in [5, 5.41) is 15.1. The fraction of sp³-hybridized carbons (Fsp3) is 0.474. The molecule has 0 aromatic heterocycles. The van der Waals surface area contributed by atoms with E-state index in [4.69, 9.17) is 9.84 Å². The molecule has 9 nitrogen and oxygen atoms in total. The van der Waals surface area contributed by atoms with Crippen LogP contribution in [-0.4, -0.2) is 60.0 Å². The van der Waals surface area contributed by atoms with Crippen LogP contribution in [0.1, 0.15) is 18.4 Å². The molecule has 4 rings (SSSR count). The number of imide groups is 1. The van der Waals surface area contributed by atoms with E-state index < -0.39 is 47.1 Å². The number of carbonyl (C=O) groups excluding carboxylic acids is 3. The first-order valence-electron chi connectivity index (χ1n) is 9.26. The van der Waals surface area contributed by atoms with E-state index in [0.29, 0.717) is 11.3 Å². The first kappa shape index (κ1) is 20.0. The van der Waals surface area contributed by atoms with Gasteiger partial charge in [-0.2, -0.15) is 0 Å². The van der Waals surface area contributed by atoms with E-state index in [1.165, 1.54) is 7.11 Å². The number of carboxylic acid groups (broad SMARTS) is 1. The number of rotatable bonds is 6. The predicted octanol–water partition coefficient (Wildman–Crippen LogP) is 0.681. The molecule has 0 radical (unpaired) electrons. The van der Waals surface area contributed by atoms with Gasteiger partial charge in [0.05, 0.1) is 25.0 Å². The Morgan fingerprint density at radius 2 is 2.07 bits per heavy atom. The SMILES string of the molecule is COCCN1C(=O)[C@@H]2C(CCC(=O)O)NC3(C(=O)Nc4ccc(Br)cc43)[C@@H]2C1=O. The summed E-state index contributed by atoms with van der Waals surface area (Å²) in [6.07, 6.45) is -0.0462. The largest absolute Gasteiger partial charge is 0.481 e. The number of ether oxygens (including phenoxy) is 1. The van der Waals surface area contributed by atoms with Crippen molar-refractivity contribution in [3.05, 3.63) is 28.2 Å². The van der Waals surface area contributed by atoms with Gasteiger partial charge >= 0.3 is 5.97 Å². The Balaban J connectivity index is 1.81. The molecule has 0 bridgehead atoms. The standard InChI is InChI=1S/C19H20BrN3O6/c1-29-7-6-23-16(26)14-12(4-5-13(24)25)22-19(15(14)17(23)27)10-8-9(20)2-3-11(10)21-18(19)28/h2-3,8,12,14-15,22H,4-7H2,1H3,(H,21,28)(H,24,25)/t12?,14-,15+,19?/m1/s1. The number of halogens is 1. The van der Waals surface area contributed by atoms with Crippen LogP contribution in [0, 0.1) is 11.8 Å². The number of likely N-dealkylation sites (tertiary alicyclic amines) is 1. The van der Waals surface area contributed by atoms with Gasteiger partial charge in [0.25, 0.3) is 0 Å². The average Bonchev–Trinajstić information content (AvgIpc) is 3.24. The topological polar surface area (TPSA) is 125 Å². The van der Waals surface area contributed by atoms with Crippen LogP contribution >= 0.6 is 15.9 Å². The molecule has 3 amide bonds. The van der Waals surface area contributed by atoms with Crippen LogP contribution in [0.3, 0.4) is 0 Å². The van der Waals surface area contributed by atoms with Crippen molar-refractivity contribution in [1.82, 2.24) is 10.2 Å². The Kier molecular flexibility index (Phi) is 4.96. The smallest absolute Gasteiger partial charge is 0.303 e. The Bertz CT molecular complexity index is 921. The first-order valence-corrected chi connectivity index (χ1v) is 10.1. The minimum Gasteiger partial charge on any atom is -0.481 e. The van der Waals surface area contributed by atoms with Crippen molar-refractivity contribution in [3.8, 4) is 0 Å². The molecule has 1 spiro atoms. The lowest BCUT2D eigenvalue weighted by molar-refractivity contribution is -0.144. The highest BCUT2D eigenvalue weighted by Gasteiger charge is 2.70. The molecular formula is C19H20BrN3O6. The third kappa shape index (κ3) is 2.89. The second kappa shape index (κ2) is 7.19. The van der Waals surface area contributed by atoms with Crippen LogP contribution in [-0.2, 0) is 29.5 Å². The summed E-state index contributed by atoms with van der Waals surface area (Å²) in [5.41, 5.74) is -0.264. The average molecular weight is 466 g/mol. The number of hydrogen-bond acceptors (Lipinski definition) is 6. The Labute approximate surface area is 174 Å². The Morgan fingerprint density at radius 1 is 1.31 bits per heavy atom. The molecule has 29 heavy (non-hydrogen) atoms. The van der Waals surface area contributed by atoms with E-state index in [0.717, 1.165) is 9.37 Å². The predicted molar refractivity (Wildman–Crippen MR) is 104 cm³/mol. The summed E-state index contributed by atoms with van der Waals surface area (Å²) in [6, 6.07) is 4.65. The maximum absolute atomic E-state index is 13.3. The minimum atomic E-state index is -1.42. The molecule has 2 saturated heterocycles. The molecule has 3 N–H and O–H groups in total. The quantitative estimate of drug-likeness (QED) is 0.527. The molecule has 1 aromatic rings. The molecule has 3 aliphatic heterocycles. The van der Waals surface area contributed by atoms with Crippen molar-refractivity contribution in [1.29, 1.82) is 0 Å². The van der Waals surface area contributed by atoms with E-state index in [-0.39, 0.29) is 26.0 Å². The molecule has 2 unspecified atom stereocenters. The van der Waals surface area contributed by atoms with Crippen molar-refractivity contribution >= 4 is 45.3 Å². The fourth-order valence-corrected chi connectivity index (χ4v) is 5.13. The van der Waals surface area contributed by atoms with Gasteiger partial charge in [-0.15, -0.1) is 0 Å². The van der Waals surface area contributed by atoms with Gasteiger partial charge in [0.2, 0.25) is 17.7 Å². The van der Waals surface area contributed by atoms with E-state index in [1.54, 1.807) is 18.2 Å². The van der Waals surface area contributed by atoms with Gasteiger partial charge < -0.3 is 15.2 Å². The number of nitrogens with zero attached hydrogens (tertiary/aromatic N) is 1. The van der Waals surface area contributed by atoms with Crippen molar-refractivity contribution in [2.75, 3.05) is 25.6 Å². The molecule has 3 heterocycles. The molecular weight excluding hydrogens is 446 g/mol. The second-order valence-corrected chi connectivity index (χ2v) is 8.38. The Hall–Kier alpha value is -2.30. The van der Waals surface area contributed by atoms with E-state index in [1.807, 2.05) is 0 Å². The lowest BCUT2D eigenvalue weighted by atomic mass is 9.76. The van der Waals surface area contributed by atoms with Gasteiger partial charge in [-0.25, -0.2) is 0 Å². The normalized spacial score (nSPS) is 30.1. The maximum atomic E-state index is 13.3. The van der Waals surface area contributed by atoms with E-state index >= 15 is 0 Å². The monoisotopic (exact) mass is 465 g/mol. The third-order valence-electron chi connectivity index (χ3n) is 5.96. The van der Waals surface area contributed by atoms with Gasteiger partial charge in [0, 0.05) is 35.3 Å². The van der Waals surface area contributed by atoms with Gasteiger partial charge in [-0.05, 0) is 24.6 Å². The number of carboxylic acids is 1. The molecule has 4 atom stereocenters. The number of carbonyl (C=O) groups is 4. The van der Waals surface area contributed by atoms with Gasteiger partial charge in [-0.1, -0.05) is 15.9 Å². The van der Waals surface area contributed by atoms with Crippen LogP contribution in [0.15, 0.2) is 22.7 Å².